The minimum absolute atomic E-state index is 0.132. The van der Waals surface area contributed by atoms with E-state index >= 15 is 0 Å². The van der Waals surface area contributed by atoms with Crippen LogP contribution >= 0.6 is 11.3 Å². The first-order chi connectivity index (χ1) is 13.1. The minimum atomic E-state index is -0.686. The van der Waals surface area contributed by atoms with E-state index in [1.165, 1.54) is 10.7 Å². The minimum Gasteiger partial charge on any atom is -0.311 e. The Balaban J connectivity index is 1.93. The van der Waals surface area contributed by atoms with Gasteiger partial charge in [-0.15, -0.1) is 11.3 Å². The molecule has 2 aromatic heterocycles. The summed E-state index contributed by atoms with van der Waals surface area (Å²) in [5.74, 6) is -0.132. The maximum absolute atomic E-state index is 13.2. The van der Waals surface area contributed by atoms with Crippen LogP contribution in [0.15, 0.2) is 64.8 Å². The molecule has 27 heavy (non-hydrogen) atoms. The average Bonchev–Trinajstić information content (AvgIpc) is 3.23. The lowest BCUT2D eigenvalue weighted by atomic mass is 10.2. The van der Waals surface area contributed by atoms with Crippen LogP contribution in [0.5, 0.6) is 0 Å². The summed E-state index contributed by atoms with van der Waals surface area (Å²) in [5, 5.41) is 6.42. The lowest BCUT2D eigenvalue weighted by molar-refractivity contribution is -0.121. The average molecular weight is 382 g/mol. The smallest absolute Gasteiger partial charge is 0.267 e. The van der Waals surface area contributed by atoms with Crippen LogP contribution in [0.25, 0.3) is 10.6 Å². The Labute approximate surface area is 162 Å². The number of anilines is 1. The number of para-hydroxylation sites is 1. The fourth-order valence-corrected chi connectivity index (χ4v) is 3.57. The number of benzene rings is 1. The van der Waals surface area contributed by atoms with Gasteiger partial charge >= 0.3 is 0 Å². The van der Waals surface area contributed by atoms with Crippen molar-refractivity contribution in [1.82, 2.24) is 9.78 Å². The van der Waals surface area contributed by atoms with Crippen molar-refractivity contribution in [1.29, 1.82) is 0 Å². The van der Waals surface area contributed by atoms with E-state index in [0.717, 1.165) is 23.4 Å². The van der Waals surface area contributed by atoms with Crippen LogP contribution in [0.4, 0.5) is 5.69 Å². The van der Waals surface area contributed by atoms with Gasteiger partial charge in [0.05, 0.1) is 4.88 Å². The number of hydrogen-bond acceptors (Lipinski definition) is 4. The second kappa shape index (κ2) is 8.77. The van der Waals surface area contributed by atoms with E-state index in [-0.39, 0.29) is 11.5 Å². The third kappa shape index (κ3) is 4.34. The van der Waals surface area contributed by atoms with Crippen LogP contribution in [0.2, 0.25) is 0 Å². The number of carbonyl (C=O) groups is 1. The van der Waals surface area contributed by atoms with E-state index in [1.54, 1.807) is 29.2 Å². The summed E-state index contributed by atoms with van der Waals surface area (Å²) >= 11 is 1.55. The van der Waals surface area contributed by atoms with E-state index in [0.29, 0.717) is 12.2 Å². The number of thiophene rings is 1. The Morgan fingerprint density at radius 3 is 2.59 bits per heavy atom. The molecule has 0 spiro atoms. The number of unbranched alkanes of at least 4 members (excludes halogenated alkanes) is 1. The fraction of sp³-hybridized carbons (Fsp3) is 0.286. The second-order valence-corrected chi connectivity index (χ2v) is 7.28. The Hall–Kier alpha value is -2.73. The molecule has 5 nitrogen and oxygen atoms in total. The summed E-state index contributed by atoms with van der Waals surface area (Å²) in [6.45, 7) is 4.44. The van der Waals surface area contributed by atoms with E-state index < -0.39 is 6.04 Å². The Morgan fingerprint density at radius 1 is 1.15 bits per heavy atom. The molecule has 0 saturated carbocycles. The first-order valence-electron chi connectivity index (χ1n) is 9.12. The molecule has 0 bridgehead atoms. The molecule has 1 aromatic carbocycles. The van der Waals surface area contributed by atoms with Crippen molar-refractivity contribution in [2.24, 2.45) is 0 Å². The third-order valence-electron chi connectivity index (χ3n) is 4.39. The maximum Gasteiger partial charge on any atom is 0.267 e. The first kappa shape index (κ1) is 19.0. The summed E-state index contributed by atoms with van der Waals surface area (Å²) in [5.41, 5.74) is 1.26. The zero-order valence-electron chi connectivity index (χ0n) is 15.5. The van der Waals surface area contributed by atoms with Gasteiger partial charge in [0.25, 0.3) is 11.5 Å². The van der Waals surface area contributed by atoms with Gasteiger partial charge in [-0.1, -0.05) is 37.6 Å². The van der Waals surface area contributed by atoms with Crippen molar-refractivity contribution in [2.45, 2.75) is 32.7 Å². The van der Waals surface area contributed by atoms with Crippen LogP contribution < -0.4 is 10.5 Å². The quantitative estimate of drug-likeness (QED) is 0.611. The number of nitrogens with zero attached hydrogens (tertiary/aromatic N) is 3. The van der Waals surface area contributed by atoms with Crippen molar-refractivity contribution in [3.8, 4) is 10.6 Å². The van der Waals surface area contributed by atoms with Crippen LogP contribution in [-0.4, -0.2) is 22.2 Å². The van der Waals surface area contributed by atoms with Gasteiger partial charge in [-0.3, -0.25) is 9.59 Å². The molecule has 0 aliphatic heterocycles. The van der Waals surface area contributed by atoms with Gasteiger partial charge in [-0.25, -0.2) is 4.68 Å². The van der Waals surface area contributed by atoms with Gasteiger partial charge in [0.2, 0.25) is 0 Å². The highest BCUT2D eigenvalue weighted by Gasteiger charge is 2.25. The molecule has 140 valence electrons. The summed E-state index contributed by atoms with van der Waals surface area (Å²) in [6.07, 6.45) is 1.88. The zero-order valence-corrected chi connectivity index (χ0v) is 16.4. The Kier molecular flexibility index (Phi) is 6.19. The van der Waals surface area contributed by atoms with Crippen molar-refractivity contribution >= 4 is 22.9 Å². The highest BCUT2D eigenvalue weighted by molar-refractivity contribution is 7.13. The largest absolute Gasteiger partial charge is 0.311 e. The lowest BCUT2D eigenvalue weighted by Gasteiger charge is -2.26. The van der Waals surface area contributed by atoms with E-state index in [9.17, 15) is 9.59 Å². The topological polar surface area (TPSA) is 55.2 Å². The SMILES string of the molecule is CCCCN(C(=O)C(C)n1nc(-c2cccs2)ccc1=O)c1ccccc1. The third-order valence-corrected chi connectivity index (χ3v) is 5.28. The highest BCUT2D eigenvalue weighted by Crippen LogP contribution is 2.23. The molecular formula is C21H23N3O2S. The molecule has 3 rings (SSSR count). The Bertz CT molecular complexity index is 936. The predicted octanol–water partition coefficient (Wildman–Crippen LogP) is 4.37. The molecule has 0 aliphatic carbocycles. The van der Waals surface area contributed by atoms with Crippen molar-refractivity contribution < 1.29 is 4.79 Å². The molecule has 3 aromatic rings. The van der Waals surface area contributed by atoms with Gasteiger partial charge in [0.1, 0.15) is 11.7 Å². The van der Waals surface area contributed by atoms with Gasteiger partial charge in [0, 0.05) is 18.3 Å². The van der Waals surface area contributed by atoms with E-state index in [4.69, 9.17) is 0 Å². The molecule has 1 amide bonds. The number of aromatic nitrogens is 2. The van der Waals surface area contributed by atoms with E-state index in [1.807, 2.05) is 47.8 Å². The van der Waals surface area contributed by atoms with E-state index in [2.05, 4.69) is 12.0 Å². The van der Waals surface area contributed by atoms with Crippen LogP contribution in [0, 0.1) is 0 Å². The van der Waals surface area contributed by atoms with Gasteiger partial charge < -0.3 is 4.90 Å². The molecule has 6 heteroatoms. The molecule has 2 heterocycles. The molecule has 0 aliphatic rings. The normalized spacial score (nSPS) is 11.9. The zero-order chi connectivity index (χ0) is 19.2. The molecular weight excluding hydrogens is 358 g/mol. The Morgan fingerprint density at radius 2 is 1.93 bits per heavy atom. The molecule has 0 fully saturated rings. The fourth-order valence-electron chi connectivity index (χ4n) is 2.88. The number of amides is 1. The maximum atomic E-state index is 13.2. The van der Waals surface area contributed by atoms with Gasteiger partial charge in [-0.05, 0) is 43.0 Å². The molecule has 0 saturated heterocycles. The van der Waals surface area contributed by atoms with Crippen molar-refractivity contribution in [2.75, 3.05) is 11.4 Å². The molecule has 0 radical (unpaired) electrons. The van der Waals surface area contributed by atoms with Crippen LogP contribution in [0.1, 0.15) is 32.7 Å². The van der Waals surface area contributed by atoms with Crippen molar-refractivity contribution in [3.05, 3.63) is 70.3 Å². The lowest BCUT2D eigenvalue weighted by Crippen LogP contribution is -2.40. The number of hydrogen-bond donors (Lipinski definition) is 0. The first-order valence-corrected chi connectivity index (χ1v) is 10.00. The number of rotatable bonds is 7. The van der Waals surface area contributed by atoms with Crippen LogP contribution in [0.3, 0.4) is 0 Å². The molecule has 0 N–H and O–H groups in total. The van der Waals surface area contributed by atoms with Gasteiger partial charge in [0.15, 0.2) is 0 Å². The van der Waals surface area contributed by atoms with Crippen LogP contribution in [-0.2, 0) is 4.79 Å². The number of carbonyl (C=O) groups excluding carboxylic acids is 1. The summed E-state index contributed by atoms with van der Waals surface area (Å²) < 4.78 is 1.29. The standard InChI is InChI=1S/C21H23N3O2S/c1-3-4-14-23(17-9-6-5-7-10-17)21(26)16(2)24-20(25)13-12-18(22-24)19-11-8-15-27-19/h5-13,15-16H,3-4,14H2,1-2H3. The van der Waals surface area contributed by atoms with Gasteiger partial charge in [-0.2, -0.15) is 5.10 Å². The highest BCUT2D eigenvalue weighted by atomic mass is 32.1. The monoisotopic (exact) mass is 381 g/mol. The second-order valence-electron chi connectivity index (χ2n) is 6.33. The molecule has 1 atom stereocenters. The molecule has 1 unspecified atom stereocenters. The van der Waals surface area contributed by atoms with Crippen molar-refractivity contribution in [3.63, 3.8) is 0 Å². The summed E-state index contributed by atoms with van der Waals surface area (Å²) in [6, 6.07) is 16.0. The summed E-state index contributed by atoms with van der Waals surface area (Å²) in [7, 11) is 0. The predicted molar refractivity (Wildman–Crippen MR) is 110 cm³/mol. The summed E-state index contributed by atoms with van der Waals surface area (Å²) in [4.78, 5) is 28.3.